The second-order valence-electron chi connectivity index (χ2n) is 5.21. The second-order valence-corrected chi connectivity index (χ2v) is 5.21. The van der Waals surface area contributed by atoms with Crippen molar-refractivity contribution in [1.82, 2.24) is 5.32 Å². The lowest BCUT2D eigenvalue weighted by Gasteiger charge is -2.29. The second kappa shape index (κ2) is 7.56. The average molecular weight is 271 g/mol. The van der Waals surface area contributed by atoms with Gasteiger partial charge in [-0.05, 0) is 30.4 Å². The van der Waals surface area contributed by atoms with Crippen LogP contribution in [-0.2, 0) is 11.2 Å². The first-order valence-electron chi connectivity index (χ1n) is 6.65. The smallest absolute Gasteiger partial charge is 0.129 e. The number of benzene rings is 1. The minimum Gasteiger partial charge on any atom is -0.383 e. The van der Waals surface area contributed by atoms with Crippen molar-refractivity contribution in [2.45, 2.75) is 26.7 Å². The highest BCUT2D eigenvalue weighted by Gasteiger charge is 2.25. The van der Waals surface area contributed by atoms with Gasteiger partial charge in [0.2, 0.25) is 0 Å². The van der Waals surface area contributed by atoms with E-state index in [0.717, 1.165) is 13.0 Å². The summed E-state index contributed by atoms with van der Waals surface area (Å²) in [6, 6.07) is 4.02. The zero-order chi connectivity index (χ0) is 14.3. The maximum Gasteiger partial charge on any atom is 0.129 e. The fourth-order valence-electron chi connectivity index (χ4n) is 2.00. The highest BCUT2D eigenvalue weighted by atomic mass is 19.1. The van der Waals surface area contributed by atoms with Gasteiger partial charge in [-0.25, -0.2) is 8.78 Å². The third kappa shape index (κ3) is 4.88. The molecule has 1 N–H and O–H groups in total. The van der Waals surface area contributed by atoms with E-state index < -0.39 is 11.6 Å². The van der Waals surface area contributed by atoms with Crippen molar-refractivity contribution in [1.29, 1.82) is 0 Å². The van der Waals surface area contributed by atoms with Crippen LogP contribution in [0.3, 0.4) is 0 Å². The lowest BCUT2D eigenvalue weighted by Crippen LogP contribution is -2.35. The fourth-order valence-corrected chi connectivity index (χ4v) is 2.00. The van der Waals surface area contributed by atoms with Crippen LogP contribution >= 0.6 is 0 Å². The van der Waals surface area contributed by atoms with Gasteiger partial charge in [-0.3, -0.25) is 0 Å². The van der Waals surface area contributed by atoms with Crippen molar-refractivity contribution in [2.24, 2.45) is 5.41 Å². The molecule has 0 amide bonds. The quantitative estimate of drug-likeness (QED) is 0.733. The van der Waals surface area contributed by atoms with Gasteiger partial charge in [0.05, 0.1) is 6.61 Å². The summed E-state index contributed by atoms with van der Waals surface area (Å²) in [6.07, 6.45) is 1.24. The number of halogens is 2. The van der Waals surface area contributed by atoms with Crippen LogP contribution in [0.5, 0.6) is 0 Å². The Morgan fingerprint density at radius 3 is 2.42 bits per heavy atom. The summed E-state index contributed by atoms with van der Waals surface area (Å²) in [5.41, 5.74) is 0.0111. The number of ether oxygens (including phenoxy) is 1. The molecule has 0 saturated carbocycles. The Balaban J connectivity index is 2.69. The molecule has 108 valence electrons. The van der Waals surface area contributed by atoms with Gasteiger partial charge in [0.15, 0.2) is 0 Å². The Bertz CT molecular complexity index is 377. The molecule has 0 spiro atoms. The molecule has 2 nitrogen and oxygen atoms in total. The molecule has 4 heteroatoms. The molecule has 1 rings (SSSR count). The predicted molar refractivity (Wildman–Crippen MR) is 73.2 cm³/mol. The number of methoxy groups -OCH3 is 1. The van der Waals surface area contributed by atoms with E-state index in [9.17, 15) is 8.78 Å². The molecule has 1 aromatic carbocycles. The lowest BCUT2D eigenvalue weighted by atomic mass is 9.81. The van der Waals surface area contributed by atoms with Crippen LogP contribution in [0.15, 0.2) is 18.2 Å². The molecule has 0 aromatic heterocycles. The summed E-state index contributed by atoms with van der Waals surface area (Å²) in [5, 5.41) is 3.27. The van der Waals surface area contributed by atoms with Gasteiger partial charge in [-0.2, -0.15) is 0 Å². The van der Waals surface area contributed by atoms with Gasteiger partial charge in [0, 0.05) is 25.8 Å². The zero-order valence-corrected chi connectivity index (χ0v) is 11.9. The lowest BCUT2D eigenvalue weighted by molar-refractivity contribution is 0.190. The Labute approximate surface area is 114 Å². The van der Waals surface area contributed by atoms with Gasteiger partial charge in [0.25, 0.3) is 0 Å². The van der Waals surface area contributed by atoms with Crippen molar-refractivity contribution in [3.8, 4) is 0 Å². The molecule has 1 aromatic rings. The Morgan fingerprint density at radius 1 is 1.26 bits per heavy atom. The molecule has 19 heavy (non-hydrogen) atoms. The van der Waals surface area contributed by atoms with E-state index in [-0.39, 0.29) is 11.0 Å². The molecule has 0 aliphatic carbocycles. The van der Waals surface area contributed by atoms with E-state index in [1.165, 1.54) is 18.2 Å². The first-order chi connectivity index (χ1) is 9.02. The van der Waals surface area contributed by atoms with Crippen molar-refractivity contribution in [2.75, 3.05) is 26.8 Å². The first kappa shape index (κ1) is 16.1. The van der Waals surface area contributed by atoms with E-state index in [4.69, 9.17) is 4.74 Å². The van der Waals surface area contributed by atoms with E-state index in [1.54, 1.807) is 7.11 Å². The number of rotatable bonds is 8. The van der Waals surface area contributed by atoms with Crippen LogP contribution in [0, 0.1) is 17.0 Å². The molecule has 0 aliphatic heterocycles. The fraction of sp³-hybridized carbons (Fsp3) is 0.600. The highest BCUT2D eigenvalue weighted by molar-refractivity contribution is 5.21. The molecule has 0 bridgehead atoms. The molecule has 0 fully saturated rings. The van der Waals surface area contributed by atoms with Crippen LogP contribution in [0.2, 0.25) is 0 Å². The number of nitrogens with one attached hydrogen (secondary N) is 1. The van der Waals surface area contributed by atoms with E-state index in [2.05, 4.69) is 5.32 Å². The maximum atomic E-state index is 13.7. The van der Waals surface area contributed by atoms with Gasteiger partial charge >= 0.3 is 0 Å². The van der Waals surface area contributed by atoms with E-state index >= 15 is 0 Å². The average Bonchev–Trinajstić information content (AvgIpc) is 2.39. The topological polar surface area (TPSA) is 21.3 Å². The summed E-state index contributed by atoms with van der Waals surface area (Å²) in [7, 11) is 1.65. The summed E-state index contributed by atoms with van der Waals surface area (Å²) in [5.74, 6) is -0.923. The molecule has 0 saturated heterocycles. The molecule has 0 radical (unpaired) electrons. The van der Waals surface area contributed by atoms with Crippen LogP contribution < -0.4 is 5.32 Å². The summed E-state index contributed by atoms with van der Waals surface area (Å²) in [6.45, 7) is 6.16. The van der Waals surface area contributed by atoms with Gasteiger partial charge in [-0.15, -0.1) is 0 Å². The monoisotopic (exact) mass is 271 g/mol. The van der Waals surface area contributed by atoms with Crippen LogP contribution in [0.1, 0.15) is 25.8 Å². The third-order valence-electron chi connectivity index (χ3n) is 3.55. The predicted octanol–water partition coefficient (Wildman–Crippen LogP) is 3.16. The van der Waals surface area contributed by atoms with Crippen molar-refractivity contribution in [3.63, 3.8) is 0 Å². The first-order valence-corrected chi connectivity index (χ1v) is 6.65. The Kier molecular flexibility index (Phi) is 6.38. The SMILES string of the molecule is CCC(C)(CNCCOC)Cc1c(F)cccc1F. The van der Waals surface area contributed by atoms with Crippen LogP contribution in [0.25, 0.3) is 0 Å². The van der Waals surface area contributed by atoms with Gasteiger partial charge < -0.3 is 10.1 Å². The molecule has 1 atom stereocenters. The maximum absolute atomic E-state index is 13.7. The summed E-state index contributed by atoms with van der Waals surface area (Å²) >= 11 is 0. The standard InChI is InChI=1S/C15H23F2NO/c1-4-15(2,11-18-8-9-19-3)10-12-13(16)6-5-7-14(12)17/h5-7,18H,4,8-11H2,1-3H3. The van der Waals surface area contributed by atoms with Crippen molar-refractivity contribution in [3.05, 3.63) is 35.4 Å². The van der Waals surface area contributed by atoms with E-state index in [0.29, 0.717) is 19.6 Å². The molecule has 0 aliphatic rings. The van der Waals surface area contributed by atoms with Crippen LogP contribution in [0.4, 0.5) is 8.78 Å². The van der Waals surface area contributed by atoms with Crippen molar-refractivity contribution >= 4 is 0 Å². The van der Waals surface area contributed by atoms with Crippen LogP contribution in [-0.4, -0.2) is 26.8 Å². The molecule has 0 heterocycles. The van der Waals surface area contributed by atoms with Gasteiger partial charge in [0.1, 0.15) is 11.6 Å². The normalized spacial score (nSPS) is 14.4. The molecular formula is C15H23F2NO. The van der Waals surface area contributed by atoms with E-state index in [1.807, 2.05) is 13.8 Å². The number of hydrogen-bond acceptors (Lipinski definition) is 2. The molecule has 1 unspecified atom stereocenters. The zero-order valence-electron chi connectivity index (χ0n) is 11.9. The number of hydrogen-bond donors (Lipinski definition) is 1. The minimum atomic E-state index is -0.462. The molecular weight excluding hydrogens is 248 g/mol. The van der Waals surface area contributed by atoms with Gasteiger partial charge in [-0.1, -0.05) is 19.9 Å². The summed E-state index contributed by atoms with van der Waals surface area (Å²) < 4.78 is 32.3. The minimum absolute atomic E-state index is 0.170. The van der Waals surface area contributed by atoms with Crippen molar-refractivity contribution < 1.29 is 13.5 Å². The Hall–Kier alpha value is -1.00. The Morgan fingerprint density at radius 2 is 1.89 bits per heavy atom. The largest absolute Gasteiger partial charge is 0.383 e. The highest BCUT2D eigenvalue weighted by Crippen LogP contribution is 2.28. The summed E-state index contributed by atoms with van der Waals surface area (Å²) in [4.78, 5) is 0. The third-order valence-corrected chi connectivity index (χ3v) is 3.55.